The van der Waals surface area contributed by atoms with Crippen LogP contribution in [0.15, 0.2) is 27.9 Å². The van der Waals surface area contributed by atoms with E-state index in [-0.39, 0.29) is 12.5 Å². The minimum absolute atomic E-state index is 0.0122. The van der Waals surface area contributed by atoms with Crippen LogP contribution < -0.4 is 4.74 Å². The fourth-order valence-electron chi connectivity index (χ4n) is 2.30. The Labute approximate surface area is 131 Å². The van der Waals surface area contributed by atoms with Crippen molar-refractivity contribution in [3.63, 3.8) is 0 Å². The van der Waals surface area contributed by atoms with Crippen LogP contribution in [-0.4, -0.2) is 27.9 Å². The smallest absolute Gasteiger partial charge is 0.309 e. The summed E-state index contributed by atoms with van der Waals surface area (Å²) in [5.41, 5.74) is 3.15. The Morgan fingerprint density at radius 1 is 1.57 bits per heavy atom. The van der Waals surface area contributed by atoms with Crippen LogP contribution >= 0.6 is 23.1 Å². The summed E-state index contributed by atoms with van der Waals surface area (Å²) in [7, 11) is 0. The molecule has 1 aromatic heterocycles. The number of aryl methyl sites for hydroxylation is 1. The standard InChI is InChI=1S/C15H15NO3S2/c1-9-2-3-13-10(4-9)5-12(19-13)8-21-15-16-11(7-20-15)6-14(17)18/h2-4,7,12H,5-6,8H2,1H3,(H,17,18). The maximum absolute atomic E-state index is 10.6. The molecule has 1 aliphatic rings. The highest BCUT2D eigenvalue weighted by Crippen LogP contribution is 2.32. The van der Waals surface area contributed by atoms with Gasteiger partial charge in [-0.25, -0.2) is 4.98 Å². The number of carbonyl (C=O) groups is 1. The first-order chi connectivity index (χ1) is 10.1. The summed E-state index contributed by atoms with van der Waals surface area (Å²) in [6.45, 7) is 2.09. The van der Waals surface area contributed by atoms with E-state index in [0.29, 0.717) is 5.69 Å². The van der Waals surface area contributed by atoms with E-state index in [1.807, 2.05) is 11.4 Å². The van der Waals surface area contributed by atoms with E-state index in [1.165, 1.54) is 22.5 Å². The summed E-state index contributed by atoms with van der Waals surface area (Å²) < 4.78 is 6.82. The molecule has 4 nitrogen and oxygen atoms in total. The summed E-state index contributed by atoms with van der Waals surface area (Å²) in [4.78, 5) is 15.0. The van der Waals surface area contributed by atoms with Crippen molar-refractivity contribution in [3.05, 3.63) is 40.4 Å². The number of hydrogen-bond acceptors (Lipinski definition) is 5. The second-order valence-corrected chi connectivity index (χ2v) is 7.17. The number of aliphatic carboxylic acids is 1. The van der Waals surface area contributed by atoms with Gasteiger partial charge in [-0.3, -0.25) is 4.79 Å². The number of hydrogen-bond donors (Lipinski definition) is 1. The fourth-order valence-corrected chi connectivity index (χ4v) is 4.16. The Morgan fingerprint density at radius 3 is 3.24 bits per heavy atom. The van der Waals surface area contributed by atoms with Crippen molar-refractivity contribution in [2.24, 2.45) is 0 Å². The lowest BCUT2D eigenvalue weighted by molar-refractivity contribution is -0.136. The topological polar surface area (TPSA) is 59.4 Å². The predicted octanol–water partition coefficient (Wildman–Crippen LogP) is 3.17. The van der Waals surface area contributed by atoms with E-state index < -0.39 is 5.97 Å². The lowest BCUT2D eigenvalue weighted by Crippen LogP contribution is -2.15. The molecule has 1 unspecified atom stereocenters. The second-order valence-electron chi connectivity index (χ2n) is 5.04. The molecule has 1 N–H and O–H groups in total. The van der Waals surface area contributed by atoms with Gasteiger partial charge in [0, 0.05) is 17.6 Å². The van der Waals surface area contributed by atoms with Crippen LogP contribution in [0.2, 0.25) is 0 Å². The van der Waals surface area contributed by atoms with Gasteiger partial charge in [0.1, 0.15) is 16.2 Å². The SMILES string of the molecule is Cc1ccc2c(c1)CC(CSc1nc(CC(=O)O)cs1)O2. The van der Waals surface area contributed by atoms with Crippen LogP contribution in [0.1, 0.15) is 16.8 Å². The molecule has 0 radical (unpaired) electrons. The lowest BCUT2D eigenvalue weighted by atomic mass is 10.1. The van der Waals surface area contributed by atoms with Crippen LogP contribution in [0.3, 0.4) is 0 Å². The third-order valence-electron chi connectivity index (χ3n) is 3.21. The van der Waals surface area contributed by atoms with Gasteiger partial charge in [-0.15, -0.1) is 11.3 Å². The molecular formula is C15H15NO3S2. The molecule has 0 saturated carbocycles. The number of carboxylic acids is 1. The Morgan fingerprint density at radius 2 is 2.43 bits per heavy atom. The molecule has 1 aromatic carbocycles. The zero-order chi connectivity index (χ0) is 14.8. The average molecular weight is 321 g/mol. The number of ether oxygens (including phenoxy) is 1. The van der Waals surface area contributed by atoms with Gasteiger partial charge >= 0.3 is 5.97 Å². The number of nitrogens with zero attached hydrogens (tertiary/aromatic N) is 1. The van der Waals surface area contributed by atoms with Gasteiger partial charge < -0.3 is 9.84 Å². The normalized spacial score (nSPS) is 16.5. The summed E-state index contributed by atoms with van der Waals surface area (Å²) in [6, 6.07) is 6.27. The molecule has 21 heavy (non-hydrogen) atoms. The minimum Gasteiger partial charge on any atom is -0.489 e. The van der Waals surface area contributed by atoms with Crippen LogP contribution in [0.4, 0.5) is 0 Å². The number of thiazole rings is 1. The molecule has 3 rings (SSSR count). The molecule has 0 bridgehead atoms. The first-order valence-corrected chi connectivity index (χ1v) is 8.52. The van der Waals surface area contributed by atoms with E-state index in [0.717, 1.165) is 22.3 Å². The van der Waals surface area contributed by atoms with E-state index in [4.69, 9.17) is 9.84 Å². The number of carboxylic acid groups (broad SMARTS) is 1. The fraction of sp³-hybridized carbons (Fsp3) is 0.333. The van der Waals surface area contributed by atoms with E-state index >= 15 is 0 Å². The van der Waals surface area contributed by atoms with Crippen molar-refractivity contribution in [1.82, 2.24) is 4.98 Å². The average Bonchev–Trinajstić information content (AvgIpc) is 3.01. The highest BCUT2D eigenvalue weighted by molar-refractivity contribution is 8.01. The first-order valence-electron chi connectivity index (χ1n) is 6.65. The molecule has 1 aliphatic heterocycles. The summed E-state index contributed by atoms with van der Waals surface area (Å²) >= 11 is 3.12. The maximum Gasteiger partial charge on any atom is 0.309 e. The van der Waals surface area contributed by atoms with Crippen molar-refractivity contribution >= 4 is 29.1 Å². The Bertz CT molecular complexity index is 669. The van der Waals surface area contributed by atoms with Crippen molar-refractivity contribution in [1.29, 1.82) is 0 Å². The van der Waals surface area contributed by atoms with Crippen molar-refractivity contribution in [2.45, 2.75) is 30.2 Å². The van der Waals surface area contributed by atoms with Gasteiger partial charge in [0.15, 0.2) is 0 Å². The van der Waals surface area contributed by atoms with Gasteiger partial charge in [-0.05, 0) is 18.6 Å². The molecular weight excluding hydrogens is 306 g/mol. The number of benzene rings is 1. The van der Waals surface area contributed by atoms with E-state index in [2.05, 4.69) is 24.0 Å². The van der Waals surface area contributed by atoms with Gasteiger partial charge in [-0.2, -0.15) is 0 Å². The highest BCUT2D eigenvalue weighted by atomic mass is 32.2. The Balaban J connectivity index is 1.55. The number of thioether (sulfide) groups is 1. The summed E-state index contributed by atoms with van der Waals surface area (Å²) in [6.07, 6.45) is 1.08. The molecule has 2 heterocycles. The van der Waals surface area contributed by atoms with Crippen LogP contribution in [0.25, 0.3) is 0 Å². The van der Waals surface area contributed by atoms with Gasteiger partial charge in [0.2, 0.25) is 0 Å². The quantitative estimate of drug-likeness (QED) is 0.857. The largest absolute Gasteiger partial charge is 0.489 e. The van der Waals surface area contributed by atoms with Gasteiger partial charge in [0.05, 0.1) is 12.1 Å². The minimum atomic E-state index is -0.846. The first kappa shape index (κ1) is 14.4. The molecule has 110 valence electrons. The number of rotatable bonds is 5. The third kappa shape index (κ3) is 3.57. The monoisotopic (exact) mass is 321 g/mol. The summed E-state index contributed by atoms with van der Waals surface area (Å²) in [5.74, 6) is 0.965. The molecule has 0 saturated heterocycles. The number of aromatic nitrogens is 1. The maximum atomic E-state index is 10.6. The lowest BCUT2D eigenvalue weighted by Gasteiger charge is -2.08. The highest BCUT2D eigenvalue weighted by Gasteiger charge is 2.23. The van der Waals surface area contributed by atoms with Crippen LogP contribution in [0, 0.1) is 6.92 Å². The van der Waals surface area contributed by atoms with Crippen molar-refractivity contribution in [2.75, 3.05) is 5.75 Å². The Kier molecular flexibility index (Phi) is 4.17. The number of fused-ring (bicyclic) bond motifs is 1. The molecule has 0 amide bonds. The third-order valence-corrected chi connectivity index (χ3v) is 5.41. The molecule has 1 atom stereocenters. The Hall–Kier alpha value is -1.53. The van der Waals surface area contributed by atoms with E-state index in [1.54, 1.807) is 11.8 Å². The predicted molar refractivity (Wildman–Crippen MR) is 83.5 cm³/mol. The van der Waals surface area contributed by atoms with Gasteiger partial charge in [-0.1, -0.05) is 29.5 Å². The van der Waals surface area contributed by atoms with E-state index in [9.17, 15) is 4.79 Å². The van der Waals surface area contributed by atoms with Crippen molar-refractivity contribution < 1.29 is 14.6 Å². The molecule has 0 aliphatic carbocycles. The zero-order valence-electron chi connectivity index (χ0n) is 11.5. The zero-order valence-corrected chi connectivity index (χ0v) is 13.2. The molecule has 2 aromatic rings. The molecule has 6 heteroatoms. The molecule has 0 spiro atoms. The molecule has 0 fully saturated rings. The van der Waals surface area contributed by atoms with Crippen molar-refractivity contribution in [3.8, 4) is 5.75 Å². The van der Waals surface area contributed by atoms with Crippen LogP contribution in [-0.2, 0) is 17.6 Å². The van der Waals surface area contributed by atoms with Crippen LogP contribution in [0.5, 0.6) is 5.75 Å². The second kappa shape index (κ2) is 6.07. The summed E-state index contributed by atoms with van der Waals surface area (Å²) in [5, 5.41) is 10.5. The van der Waals surface area contributed by atoms with Gasteiger partial charge in [0.25, 0.3) is 0 Å².